The summed E-state index contributed by atoms with van der Waals surface area (Å²) in [7, 11) is 0. The van der Waals surface area contributed by atoms with Crippen molar-refractivity contribution < 1.29 is 9.53 Å². The minimum absolute atomic E-state index is 0.0530. The topological polar surface area (TPSA) is 38.3 Å². The summed E-state index contributed by atoms with van der Waals surface area (Å²) in [5.74, 6) is 1.06. The maximum absolute atomic E-state index is 11.6. The lowest BCUT2D eigenvalue weighted by atomic mass is 10.1. The zero-order valence-electron chi connectivity index (χ0n) is 12.5. The predicted molar refractivity (Wildman–Crippen MR) is 85.2 cm³/mol. The second-order valence-electron chi connectivity index (χ2n) is 5.38. The van der Waals surface area contributed by atoms with E-state index >= 15 is 0 Å². The van der Waals surface area contributed by atoms with Gasteiger partial charge in [0.25, 0.3) is 5.91 Å². The monoisotopic (exact) mass is 283 g/mol. The molecule has 0 aliphatic rings. The SMILES string of the molecule is CC(C)CNC(=O)COc1ccc(-c2ccccc2)cc1. The molecule has 2 aromatic rings. The van der Waals surface area contributed by atoms with Crippen LogP contribution in [0.5, 0.6) is 5.75 Å². The molecule has 0 saturated heterocycles. The van der Waals surface area contributed by atoms with E-state index in [1.165, 1.54) is 5.56 Å². The Labute approximate surface area is 126 Å². The smallest absolute Gasteiger partial charge is 0.257 e. The molecule has 0 aliphatic carbocycles. The Bertz CT molecular complexity index is 562. The Morgan fingerprint density at radius 1 is 1.00 bits per heavy atom. The number of nitrogens with one attached hydrogen (secondary N) is 1. The highest BCUT2D eigenvalue weighted by atomic mass is 16.5. The first-order chi connectivity index (χ1) is 10.1. The van der Waals surface area contributed by atoms with E-state index in [9.17, 15) is 4.79 Å². The van der Waals surface area contributed by atoms with E-state index in [1.807, 2.05) is 42.5 Å². The fraction of sp³-hybridized carbons (Fsp3) is 0.278. The lowest BCUT2D eigenvalue weighted by Crippen LogP contribution is -2.31. The number of carbonyl (C=O) groups is 1. The number of hydrogen-bond donors (Lipinski definition) is 1. The number of amides is 1. The van der Waals surface area contributed by atoms with Gasteiger partial charge in [-0.25, -0.2) is 0 Å². The standard InChI is InChI=1S/C18H21NO2/c1-14(2)12-19-18(20)13-21-17-10-8-16(9-11-17)15-6-4-3-5-7-15/h3-11,14H,12-13H2,1-2H3,(H,19,20). The van der Waals surface area contributed by atoms with E-state index in [1.54, 1.807) is 0 Å². The predicted octanol–water partition coefficient (Wildman–Crippen LogP) is 3.50. The molecule has 0 aromatic heterocycles. The summed E-state index contributed by atoms with van der Waals surface area (Å²) in [6.07, 6.45) is 0. The van der Waals surface area contributed by atoms with Gasteiger partial charge in [-0.1, -0.05) is 56.3 Å². The van der Waals surface area contributed by atoms with Crippen LogP contribution in [0.15, 0.2) is 54.6 Å². The first-order valence-corrected chi connectivity index (χ1v) is 7.20. The Morgan fingerprint density at radius 2 is 1.62 bits per heavy atom. The van der Waals surface area contributed by atoms with Gasteiger partial charge in [-0.15, -0.1) is 0 Å². The van der Waals surface area contributed by atoms with Gasteiger partial charge in [0, 0.05) is 6.54 Å². The lowest BCUT2D eigenvalue weighted by Gasteiger charge is -2.09. The molecule has 3 nitrogen and oxygen atoms in total. The van der Waals surface area contributed by atoms with Crippen LogP contribution in [0.3, 0.4) is 0 Å². The Morgan fingerprint density at radius 3 is 2.24 bits per heavy atom. The molecule has 0 saturated carbocycles. The van der Waals surface area contributed by atoms with Crippen LogP contribution in [0, 0.1) is 5.92 Å². The molecule has 0 bridgehead atoms. The van der Waals surface area contributed by atoms with Crippen LogP contribution in [-0.2, 0) is 4.79 Å². The summed E-state index contributed by atoms with van der Waals surface area (Å²) in [5.41, 5.74) is 2.30. The van der Waals surface area contributed by atoms with Crippen molar-refractivity contribution in [3.05, 3.63) is 54.6 Å². The van der Waals surface area contributed by atoms with E-state index in [0.29, 0.717) is 18.2 Å². The number of carbonyl (C=O) groups excluding carboxylic acids is 1. The molecular weight excluding hydrogens is 262 g/mol. The largest absolute Gasteiger partial charge is 0.484 e. The van der Waals surface area contributed by atoms with Crippen molar-refractivity contribution in [1.29, 1.82) is 0 Å². The van der Waals surface area contributed by atoms with Crippen LogP contribution >= 0.6 is 0 Å². The molecule has 3 heteroatoms. The fourth-order valence-corrected chi connectivity index (χ4v) is 1.89. The summed E-state index contributed by atoms with van der Waals surface area (Å²) < 4.78 is 5.48. The van der Waals surface area contributed by atoms with Gasteiger partial charge in [-0.05, 0) is 29.2 Å². The Balaban J connectivity index is 1.87. The second kappa shape index (κ2) is 7.48. The summed E-state index contributed by atoms with van der Waals surface area (Å²) in [6.45, 7) is 4.85. The first kappa shape index (κ1) is 15.1. The van der Waals surface area contributed by atoms with Crippen LogP contribution in [0.2, 0.25) is 0 Å². The molecule has 1 N–H and O–H groups in total. The number of benzene rings is 2. The molecule has 1 amide bonds. The van der Waals surface area contributed by atoms with Gasteiger partial charge in [-0.3, -0.25) is 4.79 Å². The second-order valence-corrected chi connectivity index (χ2v) is 5.38. The molecule has 2 aromatic carbocycles. The van der Waals surface area contributed by atoms with Gasteiger partial charge in [0.2, 0.25) is 0 Å². The summed E-state index contributed by atoms with van der Waals surface area (Å²) in [6, 6.07) is 17.9. The van der Waals surface area contributed by atoms with Crippen LogP contribution < -0.4 is 10.1 Å². The van der Waals surface area contributed by atoms with Crippen molar-refractivity contribution in [3.8, 4) is 16.9 Å². The maximum atomic E-state index is 11.6. The van der Waals surface area contributed by atoms with Crippen LogP contribution in [0.25, 0.3) is 11.1 Å². The van der Waals surface area contributed by atoms with E-state index in [2.05, 4.69) is 31.3 Å². The van der Waals surface area contributed by atoms with Crippen molar-refractivity contribution in [3.63, 3.8) is 0 Å². The summed E-state index contributed by atoms with van der Waals surface area (Å²) >= 11 is 0. The zero-order valence-corrected chi connectivity index (χ0v) is 12.5. The molecule has 0 heterocycles. The van der Waals surface area contributed by atoms with Gasteiger partial charge >= 0.3 is 0 Å². The minimum atomic E-state index is -0.0872. The highest BCUT2D eigenvalue weighted by molar-refractivity contribution is 5.77. The third kappa shape index (κ3) is 4.95. The Kier molecular flexibility index (Phi) is 5.38. The van der Waals surface area contributed by atoms with E-state index in [-0.39, 0.29) is 12.5 Å². The van der Waals surface area contributed by atoms with Crippen LogP contribution in [0.4, 0.5) is 0 Å². The molecule has 110 valence electrons. The third-order valence-corrected chi connectivity index (χ3v) is 3.04. The molecule has 0 spiro atoms. The highest BCUT2D eigenvalue weighted by Gasteiger charge is 2.04. The van der Waals surface area contributed by atoms with Gasteiger partial charge in [0.15, 0.2) is 6.61 Å². The minimum Gasteiger partial charge on any atom is -0.484 e. The van der Waals surface area contributed by atoms with Gasteiger partial charge in [0.1, 0.15) is 5.75 Å². The van der Waals surface area contributed by atoms with E-state index in [4.69, 9.17) is 4.74 Å². The van der Waals surface area contributed by atoms with Crippen molar-refractivity contribution in [2.45, 2.75) is 13.8 Å². The molecule has 2 rings (SSSR count). The number of hydrogen-bond acceptors (Lipinski definition) is 2. The molecule has 0 aliphatic heterocycles. The number of rotatable bonds is 6. The highest BCUT2D eigenvalue weighted by Crippen LogP contribution is 2.21. The third-order valence-electron chi connectivity index (χ3n) is 3.04. The van der Waals surface area contributed by atoms with E-state index in [0.717, 1.165) is 5.56 Å². The summed E-state index contributed by atoms with van der Waals surface area (Å²) in [5, 5.41) is 2.83. The van der Waals surface area contributed by atoms with Crippen molar-refractivity contribution in [2.24, 2.45) is 5.92 Å². The molecule has 0 radical (unpaired) electrons. The van der Waals surface area contributed by atoms with Crippen molar-refractivity contribution in [2.75, 3.05) is 13.2 Å². The molecule has 0 fully saturated rings. The van der Waals surface area contributed by atoms with Gasteiger partial charge in [-0.2, -0.15) is 0 Å². The summed E-state index contributed by atoms with van der Waals surface area (Å²) in [4.78, 5) is 11.6. The lowest BCUT2D eigenvalue weighted by molar-refractivity contribution is -0.123. The van der Waals surface area contributed by atoms with Crippen molar-refractivity contribution in [1.82, 2.24) is 5.32 Å². The van der Waals surface area contributed by atoms with Crippen LogP contribution in [0.1, 0.15) is 13.8 Å². The van der Waals surface area contributed by atoms with Crippen molar-refractivity contribution >= 4 is 5.91 Å². The normalized spacial score (nSPS) is 10.4. The quantitative estimate of drug-likeness (QED) is 0.881. The first-order valence-electron chi connectivity index (χ1n) is 7.20. The molecular formula is C18H21NO2. The average Bonchev–Trinajstić information content (AvgIpc) is 2.52. The Hall–Kier alpha value is -2.29. The molecule has 0 unspecified atom stereocenters. The average molecular weight is 283 g/mol. The molecule has 21 heavy (non-hydrogen) atoms. The van der Waals surface area contributed by atoms with E-state index < -0.39 is 0 Å². The van der Waals surface area contributed by atoms with Crippen LogP contribution in [-0.4, -0.2) is 19.1 Å². The van der Waals surface area contributed by atoms with Gasteiger partial charge in [0.05, 0.1) is 0 Å². The maximum Gasteiger partial charge on any atom is 0.257 e. The number of ether oxygens (including phenoxy) is 1. The fourth-order valence-electron chi connectivity index (χ4n) is 1.89. The zero-order chi connectivity index (χ0) is 15.1. The molecule has 0 atom stereocenters. The van der Waals surface area contributed by atoms with Gasteiger partial charge < -0.3 is 10.1 Å².